The van der Waals surface area contributed by atoms with E-state index >= 15 is 0 Å². The highest BCUT2D eigenvalue weighted by molar-refractivity contribution is 5.92. The maximum Gasteiger partial charge on any atom is 0.155 e. The van der Waals surface area contributed by atoms with Gasteiger partial charge in [0, 0.05) is 0 Å². The molecule has 0 N–H and O–H groups in total. The van der Waals surface area contributed by atoms with Crippen LogP contribution in [0.2, 0.25) is 0 Å². The average Bonchev–Trinajstić information content (AvgIpc) is 2.39. The van der Waals surface area contributed by atoms with E-state index in [1.54, 1.807) is 6.92 Å². The summed E-state index contributed by atoms with van der Waals surface area (Å²) in [5.74, 6) is 1.56. The largest absolute Gasteiger partial charge is 0.295 e. The Kier molecular flexibility index (Phi) is 6.87. The summed E-state index contributed by atoms with van der Waals surface area (Å²) in [7, 11) is 0. The van der Waals surface area contributed by atoms with Gasteiger partial charge in [0.15, 0.2) is 5.78 Å². The fourth-order valence-corrected chi connectivity index (χ4v) is 3.14. The molecule has 0 amide bonds. The molecule has 0 aliphatic heterocycles. The summed E-state index contributed by atoms with van der Waals surface area (Å²) < 4.78 is 0. The minimum atomic E-state index is 0.122. The van der Waals surface area contributed by atoms with Gasteiger partial charge in [-0.15, -0.1) is 0 Å². The van der Waals surface area contributed by atoms with Gasteiger partial charge < -0.3 is 0 Å². The van der Waals surface area contributed by atoms with Crippen LogP contribution in [-0.4, -0.2) is 5.78 Å². The predicted molar refractivity (Wildman–Crippen MR) is 92.1 cm³/mol. The minimum absolute atomic E-state index is 0.122. The van der Waals surface area contributed by atoms with Gasteiger partial charge in [-0.2, -0.15) is 0 Å². The Morgan fingerprint density at radius 3 is 2.29 bits per heavy atom. The SMILES string of the molecule is CC(=O)C(C)=CC=CC=CC=CC1C(C)CCCC1(C)C. The van der Waals surface area contributed by atoms with E-state index in [2.05, 4.69) is 39.0 Å². The lowest BCUT2D eigenvalue weighted by Crippen LogP contribution is -2.32. The Hall–Kier alpha value is -1.37. The van der Waals surface area contributed by atoms with Crippen molar-refractivity contribution in [3.05, 3.63) is 48.1 Å². The van der Waals surface area contributed by atoms with Crippen molar-refractivity contribution in [1.29, 1.82) is 0 Å². The van der Waals surface area contributed by atoms with Crippen LogP contribution in [0.15, 0.2) is 48.1 Å². The smallest absolute Gasteiger partial charge is 0.155 e. The molecular weight excluding hydrogens is 256 g/mol. The highest BCUT2D eigenvalue weighted by Gasteiger charge is 2.34. The van der Waals surface area contributed by atoms with Crippen molar-refractivity contribution >= 4 is 5.78 Å². The zero-order valence-corrected chi connectivity index (χ0v) is 14.2. The van der Waals surface area contributed by atoms with Gasteiger partial charge in [-0.05, 0) is 43.1 Å². The van der Waals surface area contributed by atoms with Crippen LogP contribution in [-0.2, 0) is 4.79 Å². The van der Waals surface area contributed by atoms with Crippen molar-refractivity contribution < 1.29 is 4.79 Å². The molecule has 21 heavy (non-hydrogen) atoms. The van der Waals surface area contributed by atoms with Crippen LogP contribution < -0.4 is 0 Å². The first-order valence-corrected chi connectivity index (χ1v) is 8.04. The summed E-state index contributed by atoms with van der Waals surface area (Å²) in [6, 6.07) is 0. The second-order valence-corrected chi connectivity index (χ2v) is 6.94. The summed E-state index contributed by atoms with van der Waals surface area (Å²) in [5.41, 5.74) is 1.20. The Morgan fingerprint density at radius 2 is 1.67 bits per heavy atom. The van der Waals surface area contributed by atoms with E-state index in [1.165, 1.54) is 19.3 Å². The predicted octanol–water partition coefficient (Wildman–Crippen LogP) is 5.65. The summed E-state index contributed by atoms with van der Waals surface area (Å²) >= 11 is 0. The van der Waals surface area contributed by atoms with Gasteiger partial charge in [0.05, 0.1) is 0 Å². The number of rotatable bonds is 5. The van der Waals surface area contributed by atoms with E-state index in [-0.39, 0.29) is 5.78 Å². The molecule has 116 valence electrons. The number of carbonyl (C=O) groups excluding carboxylic acids is 1. The van der Waals surface area contributed by atoms with Gasteiger partial charge in [0.25, 0.3) is 0 Å². The summed E-state index contributed by atoms with van der Waals surface area (Å²) in [6.07, 6.45) is 18.4. The fraction of sp³-hybridized carbons (Fsp3) is 0.550. The molecule has 1 saturated carbocycles. The standard InChI is InChI=1S/C20H30O/c1-16(18(3)21)12-9-7-6-8-10-14-19-17(2)13-11-15-20(19,4)5/h6-10,12,14,17,19H,11,13,15H2,1-5H3. The zero-order chi connectivity index (χ0) is 15.9. The lowest BCUT2D eigenvalue weighted by atomic mass is 9.64. The molecule has 1 aliphatic rings. The van der Waals surface area contributed by atoms with Crippen LogP contribution in [0.4, 0.5) is 0 Å². The zero-order valence-electron chi connectivity index (χ0n) is 14.2. The third-order valence-electron chi connectivity index (χ3n) is 4.66. The first kappa shape index (κ1) is 17.7. The third-order valence-corrected chi connectivity index (χ3v) is 4.66. The average molecular weight is 286 g/mol. The number of hydrogen-bond donors (Lipinski definition) is 0. The molecule has 1 rings (SSSR count). The van der Waals surface area contributed by atoms with E-state index in [0.29, 0.717) is 11.3 Å². The quantitative estimate of drug-likeness (QED) is 0.471. The van der Waals surface area contributed by atoms with Crippen molar-refractivity contribution in [3.8, 4) is 0 Å². The highest BCUT2D eigenvalue weighted by Crippen LogP contribution is 2.44. The van der Waals surface area contributed by atoms with Gasteiger partial charge in [-0.3, -0.25) is 4.79 Å². The number of allylic oxidation sites excluding steroid dienone is 8. The van der Waals surface area contributed by atoms with Crippen molar-refractivity contribution in [1.82, 2.24) is 0 Å². The Balaban J connectivity index is 2.53. The Labute approximate surface area is 130 Å². The molecule has 1 nitrogen and oxygen atoms in total. The lowest BCUT2D eigenvalue weighted by Gasteiger charge is -2.41. The van der Waals surface area contributed by atoms with Gasteiger partial charge in [-0.25, -0.2) is 0 Å². The molecule has 1 heteroatoms. The van der Waals surface area contributed by atoms with E-state index < -0.39 is 0 Å². The molecule has 2 atom stereocenters. The van der Waals surface area contributed by atoms with Gasteiger partial charge >= 0.3 is 0 Å². The van der Waals surface area contributed by atoms with E-state index in [4.69, 9.17) is 0 Å². The topological polar surface area (TPSA) is 17.1 Å². The van der Waals surface area contributed by atoms with Gasteiger partial charge in [0.1, 0.15) is 0 Å². The van der Waals surface area contributed by atoms with Crippen molar-refractivity contribution in [2.24, 2.45) is 17.3 Å². The number of carbonyl (C=O) groups is 1. The molecular formula is C20H30O. The second kappa shape index (κ2) is 8.17. The molecule has 0 bridgehead atoms. The molecule has 0 radical (unpaired) electrons. The van der Waals surface area contributed by atoms with Crippen LogP contribution in [0.5, 0.6) is 0 Å². The first-order chi connectivity index (χ1) is 9.84. The maximum atomic E-state index is 11.0. The van der Waals surface area contributed by atoms with Crippen LogP contribution in [0.25, 0.3) is 0 Å². The van der Waals surface area contributed by atoms with Crippen molar-refractivity contribution in [2.75, 3.05) is 0 Å². The Bertz CT molecular complexity index is 460. The van der Waals surface area contributed by atoms with Crippen LogP contribution in [0.3, 0.4) is 0 Å². The van der Waals surface area contributed by atoms with E-state index in [0.717, 1.165) is 11.5 Å². The van der Waals surface area contributed by atoms with Gasteiger partial charge in [0.2, 0.25) is 0 Å². The highest BCUT2D eigenvalue weighted by atomic mass is 16.1. The third kappa shape index (κ3) is 5.87. The molecule has 0 heterocycles. The molecule has 0 aromatic rings. The molecule has 1 fully saturated rings. The fourth-order valence-electron chi connectivity index (χ4n) is 3.14. The Morgan fingerprint density at radius 1 is 1.05 bits per heavy atom. The normalized spacial score (nSPS) is 27.0. The van der Waals surface area contributed by atoms with E-state index in [9.17, 15) is 4.79 Å². The monoisotopic (exact) mass is 286 g/mol. The summed E-state index contributed by atoms with van der Waals surface area (Å²) in [6.45, 7) is 10.6. The van der Waals surface area contributed by atoms with Gasteiger partial charge in [-0.1, -0.05) is 76.1 Å². The molecule has 0 aromatic heterocycles. The minimum Gasteiger partial charge on any atom is -0.295 e. The number of hydrogen-bond acceptors (Lipinski definition) is 1. The molecule has 0 spiro atoms. The summed E-state index contributed by atoms with van der Waals surface area (Å²) in [4.78, 5) is 11.0. The number of Topliss-reactive ketones (excluding diaryl/α,β-unsaturated/α-hetero) is 1. The second-order valence-electron chi connectivity index (χ2n) is 6.94. The molecule has 0 saturated heterocycles. The molecule has 1 aliphatic carbocycles. The first-order valence-electron chi connectivity index (χ1n) is 8.04. The lowest BCUT2D eigenvalue weighted by molar-refractivity contribution is -0.113. The van der Waals surface area contributed by atoms with Crippen LogP contribution in [0.1, 0.15) is 53.9 Å². The van der Waals surface area contributed by atoms with Crippen LogP contribution >= 0.6 is 0 Å². The van der Waals surface area contributed by atoms with Crippen molar-refractivity contribution in [2.45, 2.75) is 53.9 Å². The summed E-state index contributed by atoms with van der Waals surface area (Å²) in [5, 5.41) is 0. The number of ketones is 1. The van der Waals surface area contributed by atoms with Crippen molar-refractivity contribution in [3.63, 3.8) is 0 Å². The van der Waals surface area contributed by atoms with E-state index in [1.807, 2.05) is 31.2 Å². The maximum absolute atomic E-state index is 11.0. The van der Waals surface area contributed by atoms with Crippen LogP contribution in [0, 0.1) is 17.3 Å². The molecule has 0 aromatic carbocycles. The molecule has 2 unspecified atom stereocenters.